The maximum absolute atomic E-state index is 6.19. The summed E-state index contributed by atoms with van der Waals surface area (Å²) in [5.41, 5.74) is 1.42. The summed E-state index contributed by atoms with van der Waals surface area (Å²) >= 11 is 6.19. The monoisotopic (exact) mass is 268 g/mol. The fourth-order valence-electron chi connectivity index (χ4n) is 2.20. The van der Waals surface area contributed by atoms with Gasteiger partial charge in [0.1, 0.15) is 0 Å². The van der Waals surface area contributed by atoms with Crippen molar-refractivity contribution in [2.75, 3.05) is 20.6 Å². The van der Waals surface area contributed by atoms with Crippen LogP contribution in [0.25, 0.3) is 0 Å². The van der Waals surface area contributed by atoms with E-state index < -0.39 is 0 Å². The fourth-order valence-corrected chi connectivity index (χ4v) is 2.39. The Hall–Kier alpha value is -0.570. The molecule has 1 aromatic carbocycles. The number of halogens is 1. The first-order valence-electron chi connectivity index (χ1n) is 6.46. The molecule has 0 radical (unpaired) electrons. The molecule has 0 aliphatic carbocycles. The number of hydrogen-bond donors (Lipinski definition) is 1. The molecule has 0 saturated carbocycles. The third-order valence-electron chi connectivity index (χ3n) is 3.68. The van der Waals surface area contributed by atoms with Crippen LogP contribution in [0, 0.1) is 5.41 Å². The Kier molecular flexibility index (Phi) is 5.64. The second kappa shape index (κ2) is 6.55. The van der Waals surface area contributed by atoms with Gasteiger partial charge in [-0.25, -0.2) is 0 Å². The first-order chi connectivity index (χ1) is 8.36. The Labute approximate surface area is 116 Å². The number of rotatable bonds is 6. The predicted molar refractivity (Wildman–Crippen MR) is 80.1 cm³/mol. The van der Waals surface area contributed by atoms with Crippen molar-refractivity contribution < 1.29 is 0 Å². The number of nitrogens with zero attached hydrogens (tertiary/aromatic N) is 1. The maximum atomic E-state index is 6.19. The first-order valence-corrected chi connectivity index (χ1v) is 6.84. The molecule has 0 spiro atoms. The molecule has 3 heteroatoms. The Morgan fingerprint density at radius 2 is 1.94 bits per heavy atom. The number of benzene rings is 1. The maximum Gasteiger partial charge on any atom is 0.0451 e. The van der Waals surface area contributed by atoms with Crippen LogP contribution in [0.3, 0.4) is 0 Å². The summed E-state index contributed by atoms with van der Waals surface area (Å²) in [6.45, 7) is 8.72. The van der Waals surface area contributed by atoms with Crippen LogP contribution in [0.15, 0.2) is 24.3 Å². The van der Waals surface area contributed by atoms with E-state index in [0.29, 0.717) is 6.04 Å². The molecule has 0 aliphatic heterocycles. The Morgan fingerprint density at radius 1 is 1.33 bits per heavy atom. The highest BCUT2D eigenvalue weighted by atomic mass is 35.5. The standard InChI is InChI=1S/C15H25ClN2/c1-12(17-4)15(2,3)11-18(5)10-13-8-6-7-9-14(13)16/h6-9,12,17H,10-11H2,1-5H3. The number of hydrogen-bond acceptors (Lipinski definition) is 2. The van der Waals surface area contributed by atoms with Gasteiger partial charge in [0, 0.05) is 24.2 Å². The minimum atomic E-state index is 0.227. The van der Waals surface area contributed by atoms with Crippen LogP contribution in [0.2, 0.25) is 5.02 Å². The third kappa shape index (κ3) is 4.27. The molecular formula is C15H25ClN2. The van der Waals surface area contributed by atoms with Gasteiger partial charge < -0.3 is 10.2 Å². The molecule has 102 valence electrons. The lowest BCUT2D eigenvalue weighted by atomic mass is 9.85. The van der Waals surface area contributed by atoms with Gasteiger partial charge in [-0.2, -0.15) is 0 Å². The quantitative estimate of drug-likeness (QED) is 0.851. The molecule has 0 amide bonds. The van der Waals surface area contributed by atoms with Crippen LogP contribution >= 0.6 is 11.6 Å². The smallest absolute Gasteiger partial charge is 0.0451 e. The lowest BCUT2D eigenvalue weighted by molar-refractivity contribution is 0.164. The van der Waals surface area contributed by atoms with Crippen LogP contribution < -0.4 is 5.32 Å². The number of nitrogens with one attached hydrogen (secondary N) is 1. The van der Waals surface area contributed by atoms with Crippen LogP contribution in [0.1, 0.15) is 26.3 Å². The van der Waals surface area contributed by atoms with Gasteiger partial charge in [-0.15, -0.1) is 0 Å². The first kappa shape index (κ1) is 15.5. The van der Waals surface area contributed by atoms with Crippen LogP contribution in [-0.2, 0) is 6.54 Å². The van der Waals surface area contributed by atoms with Gasteiger partial charge in [-0.05, 0) is 38.1 Å². The molecule has 2 nitrogen and oxygen atoms in total. The molecule has 1 rings (SSSR count). The largest absolute Gasteiger partial charge is 0.317 e. The molecule has 0 saturated heterocycles. The van der Waals surface area contributed by atoms with E-state index in [2.05, 4.69) is 44.1 Å². The van der Waals surface area contributed by atoms with Crippen LogP contribution in [0.4, 0.5) is 0 Å². The fraction of sp³-hybridized carbons (Fsp3) is 0.600. The third-order valence-corrected chi connectivity index (χ3v) is 4.05. The van der Waals surface area contributed by atoms with Crippen molar-refractivity contribution in [3.05, 3.63) is 34.9 Å². The molecular weight excluding hydrogens is 244 g/mol. The highest BCUT2D eigenvalue weighted by molar-refractivity contribution is 6.31. The van der Waals surface area contributed by atoms with Crippen molar-refractivity contribution in [3.8, 4) is 0 Å². The normalized spacial score (nSPS) is 13.9. The zero-order valence-electron chi connectivity index (χ0n) is 12.1. The highest BCUT2D eigenvalue weighted by Crippen LogP contribution is 2.23. The topological polar surface area (TPSA) is 15.3 Å². The van der Waals surface area contributed by atoms with E-state index in [1.54, 1.807) is 0 Å². The Morgan fingerprint density at radius 3 is 2.50 bits per heavy atom. The molecule has 1 N–H and O–H groups in total. The second-order valence-electron chi connectivity index (χ2n) is 5.76. The molecule has 0 bridgehead atoms. The van der Waals surface area contributed by atoms with E-state index in [9.17, 15) is 0 Å². The van der Waals surface area contributed by atoms with Gasteiger partial charge in [0.15, 0.2) is 0 Å². The van der Waals surface area contributed by atoms with E-state index >= 15 is 0 Å². The minimum absolute atomic E-state index is 0.227. The molecule has 18 heavy (non-hydrogen) atoms. The minimum Gasteiger partial charge on any atom is -0.317 e. The second-order valence-corrected chi connectivity index (χ2v) is 6.17. The van der Waals surface area contributed by atoms with E-state index in [1.165, 1.54) is 5.56 Å². The molecule has 0 heterocycles. The molecule has 1 aromatic rings. The van der Waals surface area contributed by atoms with Gasteiger partial charge in [0.25, 0.3) is 0 Å². The summed E-state index contributed by atoms with van der Waals surface area (Å²) < 4.78 is 0. The average molecular weight is 269 g/mol. The van der Waals surface area contributed by atoms with Gasteiger partial charge in [-0.1, -0.05) is 43.6 Å². The van der Waals surface area contributed by atoms with Gasteiger partial charge >= 0.3 is 0 Å². The molecule has 0 fully saturated rings. The van der Waals surface area contributed by atoms with Crippen molar-refractivity contribution in [2.45, 2.75) is 33.4 Å². The summed E-state index contributed by atoms with van der Waals surface area (Å²) in [5.74, 6) is 0. The summed E-state index contributed by atoms with van der Waals surface area (Å²) in [6, 6.07) is 8.53. The van der Waals surface area contributed by atoms with Gasteiger partial charge in [0.2, 0.25) is 0 Å². The van der Waals surface area contributed by atoms with Crippen LogP contribution in [0.5, 0.6) is 0 Å². The van der Waals surface area contributed by atoms with Gasteiger partial charge in [-0.3, -0.25) is 0 Å². The summed E-state index contributed by atoms with van der Waals surface area (Å²) in [6.07, 6.45) is 0. The van der Waals surface area contributed by atoms with Crippen molar-refractivity contribution in [1.82, 2.24) is 10.2 Å². The van der Waals surface area contributed by atoms with Crippen molar-refractivity contribution in [1.29, 1.82) is 0 Å². The lowest BCUT2D eigenvalue weighted by Gasteiger charge is -2.35. The molecule has 0 aromatic heterocycles. The van der Waals surface area contributed by atoms with Gasteiger partial charge in [0.05, 0.1) is 0 Å². The van der Waals surface area contributed by atoms with E-state index in [0.717, 1.165) is 18.1 Å². The van der Waals surface area contributed by atoms with Crippen molar-refractivity contribution in [3.63, 3.8) is 0 Å². The Bertz CT molecular complexity index is 377. The van der Waals surface area contributed by atoms with E-state index in [1.807, 2.05) is 25.2 Å². The summed E-state index contributed by atoms with van der Waals surface area (Å²) in [4.78, 5) is 2.33. The van der Waals surface area contributed by atoms with Crippen molar-refractivity contribution in [2.24, 2.45) is 5.41 Å². The molecule has 1 unspecified atom stereocenters. The van der Waals surface area contributed by atoms with E-state index in [4.69, 9.17) is 11.6 Å². The zero-order chi connectivity index (χ0) is 13.8. The molecule has 1 atom stereocenters. The highest BCUT2D eigenvalue weighted by Gasteiger charge is 2.26. The average Bonchev–Trinajstić information content (AvgIpc) is 2.30. The van der Waals surface area contributed by atoms with E-state index in [-0.39, 0.29) is 5.41 Å². The zero-order valence-corrected chi connectivity index (χ0v) is 12.9. The van der Waals surface area contributed by atoms with Crippen molar-refractivity contribution >= 4 is 11.6 Å². The summed E-state index contributed by atoms with van der Waals surface area (Å²) in [5, 5.41) is 4.18. The predicted octanol–water partition coefficient (Wildman–Crippen LogP) is 3.41. The SMILES string of the molecule is CNC(C)C(C)(C)CN(C)Cc1ccccc1Cl. The Balaban J connectivity index is 2.62. The van der Waals surface area contributed by atoms with Crippen LogP contribution in [-0.4, -0.2) is 31.6 Å². The molecule has 0 aliphatic rings. The summed E-state index contributed by atoms with van der Waals surface area (Å²) in [7, 11) is 4.16. The lowest BCUT2D eigenvalue weighted by Crippen LogP contribution is -2.44.